The predicted octanol–water partition coefficient (Wildman–Crippen LogP) is 2.46. The number of hydrogen-bond donors (Lipinski definition) is 1. The van der Waals surface area contributed by atoms with E-state index in [1.807, 2.05) is 0 Å². The molecular formula is C15H12F2N2O2. The van der Waals surface area contributed by atoms with Crippen molar-refractivity contribution >= 4 is 11.1 Å². The Kier molecular flexibility index (Phi) is 3.10. The zero-order valence-electron chi connectivity index (χ0n) is 11.1. The van der Waals surface area contributed by atoms with Crippen molar-refractivity contribution in [1.82, 2.24) is 4.57 Å². The molecule has 1 atom stereocenters. The van der Waals surface area contributed by atoms with Gasteiger partial charge in [0.25, 0.3) is 0 Å². The van der Waals surface area contributed by atoms with Crippen LogP contribution in [0.2, 0.25) is 0 Å². The molecule has 0 saturated heterocycles. The number of rotatable bonds is 2. The highest BCUT2D eigenvalue weighted by molar-refractivity contribution is 5.74. The maximum absolute atomic E-state index is 13.3. The molecule has 0 fully saturated rings. The first kappa shape index (κ1) is 13.5. The number of aryl methyl sites for hydroxylation is 1. The van der Waals surface area contributed by atoms with E-state index in [0.29, 0.717) is 22.2 Å². The van der Waals surface area contributed by atoms with Gasteiger partial charge in [-0.2, -0.15) is 0 Å². The highest BCUT2D eigenvalue weighted by atomic mass is 19.1. The molecule has 0 aliphatic rings. The van der Waals surface area contributed by atoms with Gasteiger partial charge in [0, 0.05) is 13.1 Å². The maximum Gasteiger partial charge on any atom is 0.419 e. The van der Waals surface area contributed by atoms with Gasteiger partial charge in [-0.1, -0.05) is 6.07 Å². The van der Waals surface area contributed by atoms with Crippen LogP contribution in [-0.4, -0.2) is 4.57 Å². The molecule has 2 aromatic carbocycles. The summed E-state index contributed by atoms with van der Waals surface area (Å²) in [5.74, 6) is -1.85. The Morgan fingerprint density at radius 1 is 1.10 bits per heavy atom. The normalized spacial score (nSPS) is 12.8. The summed E-state index contributed by atoms with van der Waals surface area (Å²) < 4.78 is 33.0. The molecule has 0 spiro atoms. The van der Waals surface area contributed by atoms with Crippen LogP contribution >= 0.6 is 0 Å². The molecule has 1 aromatic heterocycles. The van der Waals surface area contributed by atoms with Gasteiger partial charge in [0.1, 0.15) is 11.6 Å². The molecule has 0 saturated carbocycles. The van der Waals surface area contributed by atoms with Gasteiger partial charge in [0.05, 0.1) is 11.6 Å². The van der Waals surface area contributed by atoms with Crippen molar-refractivity contribution in [1.29, 1.82) is 0 Å². The molecule has 0 amide bonds. The minimum absolute atomic E-state index is 0.310. The quantitative estimate of drug-likeness (QED) is 0.788. The number of halogens is 2. The monoisotopic (exact) mass is 290 g/mol. The summed E-state index contributed by atoms with van der Waals surface area (Å²) in [7, 11) is 1.59. The van der Waals surface area contributed by atoms with Gasteiger partial charge in [-0.15, -0.1) is 0 Å². The van der Waals surface area contributed by atoms with Crippen LogP contribution in [0.15, 0.2) is 45.6 Å². The number of benzene rings is 2. The van der Waals surface area contributed by atoms with Gasteiger partial charge in [0.2, 0.25) is 0 Å². The number of nitrogens with zero attached hydrogens (tertiary/aromatic N) is 1. The van der Waals surface area contributed by atoms with Crippen LogP contribution < -0.4 is 11.5 Å². The Morgan fingerprint density at radius 3 is 2.43 bits per heavy atom. The SMILES string of the molecule is Cn1c(=O)oc2cc(C(N)c3cc(F)cc(F)c3)ccc21. The molecule has 0 aliphatic heterocycles. The Hall–Kier alpha value is -2.47. The van der Waals surface area contributed by atoms with Gasteiger partial charge in [0.15, 0.2) is 5.58 Å². The largest absolute Gasteiger partial charge is 0.419 e. The minimum atomic E-state index is -0.717. The standard InChI is InChI=1S/C15H12F2N2O2/c1-19-12-3-2-8(6-13(12)21-15(19)20)14(18)9-4-10(16)7-11(17)5-9/h2-7,14H,18H2,1H3. The molecule has 4 nitrogen and oxygen atoms in total. The Balaban J connectivity index is 2.08. The van der Waals surface area contributed by atoms with E-state index in [9.17, 15) is 13.6 Å². The zero-order valence-corrected chi connectivity index (χ0v) is 11.1. The van der Waals surface area contributed by atoms with Gasteiger partial charge < -0.3 is 10.2 Å². The summed E-state index contributed by atoms with van der Waals surface area (Å²) in [5.41, 5.74) is 7.95. The fourth-order valence-electron chi connectivity index (χ4n) is 2.29. The summed E-state index contributed by atoms with van der Waals surface area (Å²) in [6.45, 7) is 0. The lowest BCUT2D eigenvalue weighted by Gasteiger charge is -2.12. The molecule has 2 N–H and O–H groups in total. The summed E-state index contributed by atoms with van der Waals surface area (Å²) >= 11 is 0. The van der Waals surface area contributed by atoms with Crippen LogP contribution in [0.25, 0.3) is 11.1 Å². The number of fused-ring (bicyclic) bond motifs is 1. The number of oxazole rings is 1. The van der Waals surface area contributed by atoms with Crippen LogP contribution in [-0.2, 0) is 7.05 Å². The first-order valence-electron chi connectivity index (χ1n) is 6.27. The van der Waals surface area contributed by atoms with E-state index in [1.54, 1.807) is 25.2 Å². The van der Waals surface area contributed by atoms with Crippen molar-refractivity contribution in [3.8, 4) is 0 Å². The highest BCUT2D eigenvalue weighted by Crippen LogP contribution is 2.24. The van der Waals surface area contributed by atoms with Crippen molar-refractivity contribution in [2.75, 3.05) is 0 Å². The molecular weight excluding hydrogens is 278 g/mol. The van der Waals surface area contributed by atoms with Crippen LogP contribution in [0.5, 0.6) is 0 Å². The molecule has 1 heterocycles. The van der Waals surface area contributed by atoms with E-state index in [-0.39, 0.29) is 0 Å². The third-order valence-electron chi connectivity index (χ3n) is 3.42. The third kappa shape index (κ3) is 2.34. The molecule has 0 aliphatic carbocycles. The van der Waals surface area contributed by atoms with Gasteiger partial charge in [-0.25, -0.2) is 13.6 Å². The van der Waals surface area contributed by atoms with Crippen molar-refractivity contribution in [2.45, 2.75) is 6.04 Å². The first-order chi connectivity index (χ1) is 9.95. The lowest BCUT2D eigenvalue weighted by Crippen LogP contribution is -2.12. The molecule has 21 heavy (non-hydrogen) atoms. The van der Waals surface area contributed by atoms with Crippen LogP contribution in [0.4, 0.5) is 8.78 Å². The lowest BCUT2D eigenvalue weighted by atomic mass is 9.99. The van der Waals surface area contributed by atoms with Crippen molar-refractivity contribution in [2.24, 2.45) is 12.8 Å². The number of nitrogens with two attached hydrogens (primary N) is 1. The van der Waals surface area contributed by atoms with E-state index in [1.165, 1.54) is 16.7 Å². The topological polar surface area (TPSA) is 61.2 Å². The minimum Gasteiger partial charge on any atom is -0.408 e. The smallest absolute Gasteiger partial charge is 0.408 e. The number of aromatic nitrogens is 1. The number of hydrogen-bond acceptors (Lipinski definition) is 3. The zero-order chi connectivity index (χ0) is 15.1. The molecule has 1 unspecified atom stereocenters. The van der Waals surface area contributed by atoms with Crippen LogP contribution in [0.1, 0.15) is 17.2 Å². The molecule has 6 heteroatoms. The molecule has 3 rings (SSSR count). The Labute approximate surface area is 118 Å². The molecule has 0 radical (unpaired) electrons. The second kappa shape index (κ2) is 4.82. The highest BCUT2D eigenvalue weighted by Gasteiger charge is 2.14. The van der Waals surface area contributed by atoms with E-state index in [0.717, 1.165) is 6.07 Å². The third-order valence-corrected chi connectivity index (χ3v) is 3.42. The first-order valence-corrected chi connectivity index (χ1v) is 6.27. The van der Waals surface area contributed by atoms with E-state index < -0.39 is 23.4 Å². The second-order valence-corrected chi connectivity index (χ2v) is 4.83. The molecule has 0 bridgehead atoms. The fourth-order valence-corrected chi connectivity index (χ4v) is 2.29. The van der Waals surface area contributed by atoms with E-state index in [2.05, 4.69) is 0 Å². The summed E-state index contributed by atoms with van der Waals surface area (Å²) in [6, 6.07) is 7.42. The van der Waals surface area contributed by atoms with Gasteiger partial charge in [-0.3, -0.25) is 4.57 Å². The van der Waals surface area contributed by atoms with Gasteiger partial charge in [-0.05, 0) is 35.4 Å². The van der Waals surface area contributed by atoms with Crippen LogP contribution in [0, 0.1) is 11.6 Å². The van der Waals surface area contributed by atoms with Gasteiger partial charge >= 0.3 is 5.76 Å². The fraction of sp³-hybridized carbons (Fsp3) is 0.133. The molecule has 3 aromatic rings. The predicted molar refractivity (Wildman–Crippen MR) is 73.8 cm³/mol. The maximum atomic E-state index is 13.3. The Bertz CT molecular complexity index is 863. The average molecular weight is 290 g/mol. The lowest BCUT2D eigenvalue weighted by molar-refractivity contribution is 0.527. The summed E-state index contributed by atoms with van der Waals surface area (Å²) in [6.07, 6.45) is 0. The van der Waals surface area contributed by atoms with E-state index >= 15 is 0 Å². The van der Waals surface area contributed by atoms with Crippen LogP contribution in [0.3, 0.4) is 0 Å². The van der Waals surface area contributed by atoms with E-state index in [4.69, 9.17) is 10.2 Å². The van der Waals surface area contributed by atoms with Crippen molar-refractivity contribution in [3.63, 3.8) is 0 Å². The van der Waals surface area contributed by atoms with Crippen molar-refractivity contribution in [3.05, 3.63) is 69.7 Å². The summed E-state index contributed by atoms with van der Waals surface area (Å²) in [4.78, 5) is 11.4. The molecule has 108 valence electrons. The Morgan fingerprint density at radius 2 is 1.76 bits per heavy atom. The van der Waals surface area contributed by atoms with Crippen molar-refractivity contribution < 1.29 is 13.2 Å². The average Bonchev–Trinajstić information content (AvgIpc) is 2.71. The second-order valence-electron chi connectivity index (χ2n) is 4.83. The summed E-state index contributed by atoms with van der Waals surface area (Å²) in [5, 5.41) is 0.